The van der Waals surface area contributed by atoms with Crippen molar-refractivity contribution in [1.29, 1.82) is 0 Å². The number of rotatable bonds is 2. The van der Waals surface area contributed by atoms with Crippen LogP contribution >= 0.6 is 11.6 Å². The van der Waals surface area contributed by atoms with Crippen LogP contribution in [0.3, 0.4) is 0 Å². The third-order valence-electron chi connectivity index (χ3n) is 2.56. The highest BCUT2D eigenvalue weighted by atomic mass is 35.5. The Kier molecular flexibility index (Phi) is 2.91. The first kappa shape index (κ1) is 10.4. The summed E-state index contributed by atoms with van der Waals surface area (Å²) in [7, 11) is 0. The first-order valence-electron chi connectivity index (χ1n) is 4.82. The van der Waals surface area contributed by atoms with Gasteiger partial charge in [0.1, 0.15) is 5.82 Å². The van der Waals surface area contributed by atoms with Gasteiger partial charge in [0.05, 0.1) is 0 Å². The van der Waals surface area contributed by atoms with Crippen LogP contribution in [0.2, 0.25) is 0 Å². The van der Waals surface area contributed by atoms with Gasteiger partial charge in [-0.15, -0.1) is 11.6 Å². The van der Waals surface area contributed by atoms with Gasteiger partial charge in [0.2, 0.25) is 5.91 Å². The lowest BCUT2D eigenvalue weighted by atomic mass is 10.1. The fourth-order valence-electron chi connectivity index (χ4n) is 1.76. The monoisotopic (exact) mass is 227 g/mol. The summed E-state index contributed by atoms with van der Waals surface area (Å²) in [6.45, 7) is 0.633. The Morgan fingerprint density at radius 3 is 2.60 bits per heavy atom. The number of carbonyl (C=O) groups is 1. The molecule has 0 aliphatic carbocycles. The summed E-state index contributed by atoms with van der Waals surface area (Å²) in [6, 6.07) is 5.95. The van der Waals surface area contributed by atoms with Gasteiger partial charge in [-0.05, 0) is 30.2 Å². The molecule has 80 valence electrons. The van der Waals surface area contributed by atoms with E-state index < -0.39 is 0 Å². The van der Waals surface area contributed by atoms with Crippen molar-refractivity contribution < 1.29 is 9.18 Å². The van der Waals surface area contributed by atoms with Gasteiger partial charge in [0.25, 0.3) is 0 Å². The van der Waals surface area contributed by atoms with E-state index in [0.717, 1.165) is 5.69 Å². The Morgan fingerprint density at radius 2 is 2.07 bits per heavy atom. The first-order chi connectivity index (χ1) is 7.20. The van der Waals surface area contributed by atoms with Crippen molar-refractivity contribution in [3.05, 3.63) is 30.1 Å². The number of hydrogen-bond donors (Lipinski definition) is 0. The SMILES string of the molecule is O=C1CC(CCl)CN1c1ccc(F)cc1. The highest BCUT2D eigenvalue weighted by molar-refractivity contribution is 6.18. The maximum absolute atomic E-state index is 12.7. The van der Waals surface area contributed by atoms with Gasteiger partial charge in [-0.25, -0.2) is 4.39 Å². The van der Waals surface area contributed by atoms with Crippen LogP contribution in [-0.4, -0.2) is 18.3 Å². The van der Waals surface area contributed by atoms with Crippen molar-refractivity contribution in [2.24, 2.45) is 5.92 Å². The van der Waals surface area contributed by atoms with Crippen LogP contribution in [0.25, 0.3) is 0 Å². The highest BCUT2D eigenvalue weighted by Crippen LogP contribution is 2.25. The summed E-state index contributed by atoms with van der Waals surface area (Å²) in [6.07, 6.45) is 0.487. The molecule has 2 rings (SSSR count). The molecular weight excluding hydrogens is 217 g/mol. The van der Waals surface area contributed by atoms with Gasteiger partial charge in [0.15, 0.2) is 0 Å². The van der Waals surface area contributed by atoms with Gasteiger partial charge in [-0.3, -0.25) is 4.79 Å². The predicted octanol–water partition coefficient (Wildman–Crippen LogP) is 2.42. The van der Waals surface area contributed by atoms with Crippen LogP contribution in [0.15, 0.2) is 24.3 Å². The van der Waals surface area contributed by atoms with Crippen molar-refractivity contribution in [3.63, 3.8) is 0 Å². The summed E-state index contributed by atoms with van der Waals surface area (Å²) in [5.41, 5.74) is 0.744. The van der Waals surface area contributed by atoms with E-state index in [1.165, 1.54) is 12.1 Å². The fourth-order valence-corrected chi connectivity index (χ4v) is 1.96. The molecular formula is C11H11ClFNO. The second kappa shape index (κ2) is 4.19. The van der Waals surface area contributed by atoms with E-state index in [-0.39, 0.29) is 17.6 Å². The van der Waals surface area contributed by atoms with Crippen LogP contribution in [0.5, 0.6) is 0 Å². The average Bonchev–Trinajstić information content (AvgIpc) is 2.61. The van der Waals surface area contributed by atoms with Crippen LogP contribution in [-0.2, 0) is 4.79 Å². The molecule has 0 N–H and O–H groups in total. The largest absolute Gasteiger partial charge is 0.312 e. The molecule has 15 heavy (non-hydrogen) atoms. The van der Waals surface area contributed by atoms with Gasteiger partial charge in [-0.1, -0.05) is 0 Å². The zero-order chi connectivity index (χ0) is 10.8. The summed E-state index contributed by atoms with van der Waals surface area (Å²) in [5, 5.41) is 0. The molecule has 0 saturated carbocycles. The number of hydrogen-bond acceptors (Lipinski definition) is 1. The van der Waals surface area contributed by atoms with Crippen molar-refractivity contribution in [3.8, 4) is 0 Å². The molecule has 2 nitrogen and oxygen atoms in total. The minimum absolute atomic E-state index is 0.0623. The minimum Gasteiger partial charge on any atom is -0.312 e. The van der Waals surface area contributed by atoms with E-state index in [4.69, 9.17) is 11.6 Å². The summed E-state index contributed by atoms with van der Waals surface area (Å²) in [4.78, 5) is 13.3. The van der Waals surface area contributed by atoms with E-state index >= 15 is 0 Å². The summed E-state index contributed by atoms with van der Waals surface area (Å²) < 4.78 is 12.7. The van der Waals surface area contributed by atoms with E-state index in [9.17, 15) is 9.18 Å². The smallest absolute Gasteiger partial charge is 0.227 e. The van der Waals surface area contributed by atoms with Gasteiger partial charge in [-0.2, -0.15) is 0 Å². The lowest BCUT2D eigenvalue weighted by Crippen LogP contribution is -2.24. The third-order valence-corrected chi connectivity index (χ3v) is 3.00. The molecule has 1 aliphatic heterocycles. The molecule has 1 heterocycles. The van der Waals surface area contributed by atoms with Crippen LogP contribution in [0.4, 0.5) is 10.1 Å². The third kappa shape index (κ3) is 2.12. The van der Waals surface area contributed by atoms with Crippen molar-refractivity contribution in [1.82, 2.24) is 0 Å². The number of anilines is 1. The quantitative estimate of drug-likeness (QED) is 0.711. The van der Waals surface area contributed by atoms with Gasteiger partial charge >= 0.3 is 0 Å². The molecule has 1 aromatic carbocycles. The predicted molar refractivity (Wildman–Crippen MR) is 57.6 cm³/mol. The van der Waals surface area contributed by atoms with Crippen LogP contribution in [0, 0.1) is 11.7 Å². The number of nitrogens with zero attached hydrogens (tertiary/aromatic N) is 1. The van der Waals surface area contributed by atoms with Crippen molar-refractivity contribution >= 4 is 23.2 Å². The number of benzene rings is 1. The highest BCUT2D eigenvalue weighted by Gasteiger charge is 2.29. The van der Waals surface area contributed by atoms with Crippen molar-refractivity contribution in [2.75, 3.05) is 17.3 Å². The zero-order valence-electron chi connectivity index (χ0n) is 8.12. The van der Waals surface area contributed by atoms with Gasteiger partial charge < -0.3 is 4.90 Å². The Hall–Kier alpha value is -1.09. The number of carbonyl (C=O) groups excluding carboxylic acids is 1. The van der Waals surface area contributed by atoms with Crippen LogP contribution < -0.4 is 4.90 Å². The van der Waals surface area contributed by atoms with Crippen LogP contribution in [0.1, 0.15) is 6.42 Å². The lowest BCUT2D eigenvalue weighted by molar-refractivity contribution is -0.117. The van der Waals surface area contributed by atoms with E-state index in [1.54, 1.807) is 17.0 Å². The first-order valence-corrected chi connectivity index (χ1v) is 5.36. The minimum atomic E-state index is -0.292. The van der Waals surface area contributed by atoms with E-state index in [1.807, 2.05) is 0 Å². The second-order valence-corrected chi connectivity index (χ2v) is 4.01. The fraction of sp³-hybridized carbons (Fsp3) is 0.364. The van der Waals surface area contributed by atoms with Gasteiger partial charge in [0, 0.05) is 24.5 Å². The second-order valence-electron chi connectivity index (χ2n) is 3.71. The molecule has 1 amide bonds. The summed E-state index contributed by atoms with van der Waals surface area (Å²) in [5.74, 6) is 0.472. The van der Waals surface area contributed by atoms with E-state index in [2.05, 4.69) is 0 Å². The molecule has 1 fully saturated rings. The Morgan fingerprint density at radius 1 is 1.40 bits per heavy atom. The zero-order valence-corrected chi connectivity index (χ0v) is 8.88. The maximum atomic E-state index is 12.7. The average molecular weight is 228 g/mol. The molecule has 1 aliphatic rings. The Bertz CT molecular complexity index is 365. The number of halogens is 2. The summed E-state index contributed by atoms with van der Waals surface area (Å²) >= 11 is 5.71. The maximum Gasteiger partial charge on any atom is 0.227 e. The molecule has 1 saturated heterocycles. The molecule has 1 atom stereocenters. The Balaban J connectivity index is 2.18. The van der Waals surface area contributed by atoms with Crippen molar-refractivity contribution in [2.45, 2.75) is 6.42 Å². The Labute approximate surface area is 92.6 Å². The normalized spacial score (nSPS) is 21.1. The number of amides is 1. The topological polar surface area (TPSA) is 20.3 Å². The molecule has 4 heteroatoms. The molecule has 0 spiro atoms. The molecule has 1 aromatic rings. The standard InChI is InChI=1S/C11H11ClFNO/c12-6-8-5-11(15)14(7-8)10-3-1-9(13)2-4-10/h1-4,8H,5-7H2. The number of alkyl halides is 1. The molecule has 0 bridgehead atoms. The molecule has 1 unspecified atom stereocenters. The van der Waals surface area contributed by atoms with E-state index in [0.29, 0.717) is 18.8 Å². The molecule has 0 radical (unpaired) electrons. The molecule has 0 aromatic heterocycles. The lowest BCUT2D eigenvalue weighted by Gasteiger charge is -2.16.